The fourth-order valence-electron chi connectivity index (χ4n) is 1.49. The van der Waals surface area contributed by atoms with E-state index in [9.17, 15) is 4.79 Å². The van der Waals surface area contributed by atoms with Crippen molar-refractivity contribution in [2.24, 2.45) is 5.73 Å². The Morgan fingerprint density at radius 3 is 2.57 bits per heavy atom. The molecule has 74 valence electrons. The topological polar surface area (TPSA) is 58.4 Å². The smallest absolute Gasteiger partial charge is 0.242 e. The number of nitrogens with one attached hydrogen (secondary N) is 1. The van der Waals surface area contributed by atoms with Gasteiger partial charge < -0.3 is 5.73 Å². The summed E-state index contributed by atoms with van der Waals surface area (Å²) in [6.45, 7) is 1.25. The molecular weight excluding hydrogens is 178 g/mol. The molecule has 1 aromatic carbocycles. The molecule has 0 aliphatic carbocycles. The summed E-state index contributed by atoms with van der Waals surface area (Å²) in [5, 5.41) is 1.58. The fourth-order valence-corrected chi connectivity index (χ4v) is 1.49. The highest BCUT2D eigenvalue weighted by molar-refractivity contribution is 5.94. The van der Waals surface area contributed by atoms with Crippen molar-refractivity contribution in [2.45, 2.75) is 13.0 Å². The van der Waals surface area contributed by atoms with Gasteiger partial charge in [-0.1, -0.05) is 12.1 Å². The molecule has 4 nitrogen and oxygen atoms in total. The molecule has 1 fully saturated rings. The van der Waals surface area contributed by atoms with Crippen LogP contribution in [0.1, 0.15) is 12.0 Å². The lowest BCUT2D eigenvalue weighted by Gasteiger charge is -2.15. The first-order valence-corrected chi connectivity index (χ1v) is 4.67. The Bertz CT molecular complexity index is 334. The minimum atomic E-state index is 0.116. The number of hydrogen-bond acceptors (Lipinski definition) is 3. The van der Waals surface area contributed by atoms with Crippen molar-refractivity contribution in [1.82, 2.24) is 5.43 Å². The van der Waals surface area contributed by atoms with Crippen molar-refractivity contribution in [3.05, 3.63) is 29.8 Å². The van der Waals surface area contributed by atoms with Crippen LogP contribution in [0, 0.1) is 0 Å². The first-order chi connectivity index (χ1) is 6.81. The molecule has 1 heterocycles. The lowest BCUT2D eigenvalue weighted by atomic mass is 10.2. The molecule has 2 rings (SSSR count). The summed E-state index contributed by atoms with van der Waals surface area (Å²) < 4.78 is 0. The van der Waals surface area contributed by atoms with Gasteiger partial charge in [0.05, 0.1) is 5.69 Å². The number of amides is 1. The molecule has 1 aromatic rings. The van der Waals surface area contributed by atoms with E-state index in [4.69, 9.17) is 5.73 Å². The van der Waals surface area contributed by atoms with E-state index >= 15 is 0 Å². The Kier molecular flexibility index (Phi) is 2.47. The first kappa shape index (κ1) is 9.18. The third-order valence-electron chi connectivity index (χ3n) is 2.29. The van der Waals surface area contributed by atoms with Crippen LogP contribution in [-0.2, 0) is 11.3 Å². The Labute approximate surface area is 82.7 Å². The quantitative estimate of drug-likeness (QED) is 0.710. The largest absolute Gasteiger partial charge is 0.326 e. The van der Waals surface area contributed by atoms with Gasteiger partial charge in [-0.15, -0.1) is 0 Å². The number of rotatable bonds is 2. The molecule has 4 heteroatoms. The highest BCUT2D eigenvalue weighted by Gasteiger charge is 2.20. The van der Waals surface area contributed by atoms with Gasteiger partial charge in [0.15, 0.2) is 0 Å². The Balaban J connectivity index is 2.20. The molecule has 0 spiro atoms. The molecule has 0 aromatic heterocycles. The molecule has 0 radical (unpaired) electrons. The van der Waals surface area contributed by atoms with Crippen molar-refractivity contribution in [3.63, 3.8) is 0 Å². The normalized spacial score (nSPS) is 16.4. The maximum absolute atomic E-state index is 11.4. The highest BCUT2D eigenvalue weighted by atomic mass is 16.2. The van der Waals surface area contributed by atoms with Crippen LogP contribution in [0.2, 0.25) is 0 Å². The van der Waals surface area contributed by atoms with Crippen LogP contribution in [0.25, 0.3) is 0 Å². The van der Waals surface area contributed by atoms with Gasteiger partial charge in [-0.2, -0.15) is 0 Å². The second kappa shape index (κ2) is 3.77. The molecule has 1 aliphatic heterocycles. The third kappa shape index (κ3) is 1.62. The number of carbonyl (C=O) groups is 1. The summed E-state index contributed by atoms with van der Waals surface area (Å²) in [5.74, 6) is 0.116. The minimum Gasteiger partial charge on any atom is -0.326 e. The lowest BCUT2D eigenvalue weighted by Crippen LogP contribution is -2.33. The molecule has 0 bridgehead atoms. The Morgan fingerprint density at radius 1 is 1.36 bits per heavy atom. The standard InChI is InChI=1S/C10H13N3O/c11-7-8-1-3-9(4-2-8)13-10(14)5-6-12-13/h1-4,12H,5-7,11H2. The number of nitrogens with two attached hydrogens (primary N) is 1. The van der Waals surface area contributed by atoms with E-state index in [1.54, 1.807) is 5.01 Å². The van der Waals surface area contributed by atoms with E-state index in [-0.39, 0.29) is 5.91 Å². The van der Waals surface area contributed by atoms with E-state index < -0.39 is 0 Å². The zero-order valence-electron chi connectivity index (χ0n) is 7.86. The summed E-state index contributed by atoms with van der Waals surface area (Å²) in [6, 6.07) is 7.67. The maximum atomic E-state index is 11.4. The minimum absolute atomic E-state index is 0.116. The lowest BCUT2D eigenvalue weighted by molar-refractivity contribution is -0.117. The molecular formula is C10H13N3O. The molecule has 1 saturated heterocycles. The van der Waals surface area contributed by atoms with Crippen molar-refractivity contribution in [2.75, 3.05) is 11.6 Å². The van der Waals surface area contributed by atoms with Gasteiger partial charge in [0.2, 0.25) is 5.91 Å². The van der Waals surface area contributed by atoms with E-state index in [0.29, 0.717) is 13.0 Å². The second-order valence-corrected chi connectivity index (χ2v) is 3.26. The molecule has 1 amide bonds. The number of hydrogen-bond donors (Lipinski definition) is 2. The summed E-state index contributed by atoms with van der Waals surface area (Å²) in [6.07, 6.45) is 0.568. The SMILES string of the molecule is NCc1ccc(N2NCCC2=O)cc1. The van der Waals surface area contributed by atoms with Crippen LogP contribution in [0.5, 0.6) is 0 Å². The van der Waals surface area contributed by atoms with E-state index in [2.05, 4.69) is 5.43 Å². The number of anilines is 1. The average Bonchev–Trinajstić information content (AvgIpc) is 2.65. The Hall–Kier alpha value is -1.39. The van der Waals surface area contributed by atoms with Crippen LogP contribution in [-0.4, -0.2) is 12.5 Å². The third-order valence-corrected chi connectivity index (χ3v) is 2.29. The van der Waals surface area contributed by atoms with Crippen LogP contribution >= 0.6 is 0 Å². The monoisotopic (exact) mass is 191 g/mol. The van der Waals surface area contributed by atoms with Crippen molar-refractivity contribution in [3.8, 4) is 0 Å². The zero-order valence-corrected chi connectivity index (χ0v) is 7.86. The van der Waals surface area contributed by atoms with Gasteiger partial charge in [0.1, 0.15) is 0 Å². The number of benzene rings is 1. The molecule has 0 atom stereocenters. The van der Waals surface area contributed by atoms with Gasteiger partial charge in [-0.05, 0) is 17.7 Å². The predicted octanol–water partition coefficient (Wildman–Crippen LogP) is 0.387. The van der Waals surface area contributed by atoms with E-state index in [0.717, 1.165) is 17.8 Å². The molecule has 3 N–H and O–H groups in total. The Morgan fingerprint density at radius 2 is 2.07 bits per heavy atom. The highest BCUT2D eigenvalue weighted by Crippen LogP contribution is 2.16. The molecule has 1 aliphatic rings. The fraction of sp³-hybridized carbons (Fsp3) is 0.300. The maximum Gasteiger partial charge on any atom is 0.242 e. The van der Waals surface area contributed by atoms with Crippen molar-refractivity contribution >= 4 is 11.6 Å². The molecule has 14 heavy (non-hydrogen) atoms. The van der Waals surface area contributed by atoms with Crippen molar-refractivity contribution in [1.29, 1.82) is 0 Å². The van der Waals surface area contributed by atoms with E-state index in [1.807, 2.05) is 24.3 Å². The first-order valence-electron chi connectivity index (χ1n) is 4.67. The summed E-state index contributed by atoms with van der Waals surface area (Å²) >= 11 is 0. The van der Waals surface area contributed by atoms with Crippen LogP contribution in [0.15, 0.2) is 24.3 Å². The van der Waals surface area contributed by atoms with Crippen molar-refractivity contribution < 1.29 is 4.79 Å². The average molecular weight is 191 g/mol. The number of nitrogens with zero attached hydrogens (tertiary/aromatic N) is 1. The number of hydrazine groups is 1. The van der Waals surface area contributed by atoms with Gasteiger partial charge in [-0.3, -0.25) is 4.79 Å². The van der Waals surface area contributed by atoms with Crippen LogP contribution < -0.4 is 16.2 Å². The van der Waals surface area contributed by atoms with Gasteiger partial charge >= 0.3 is 0 Å². The van der Waals surface area contributed by atoms with Crippen LogP contribution in [0.4, 0.5) is 5.69 Å². The summed E-state index contributed by atoms with van der Waals surface area (Å²) in [5.41, 5.74) is 10.4. The predicted molar refractivity (Wildman–Crippen MR) is 54.4 cm³/mol. The zero-order chi connectivity index (χ0) is 9.97. The summed E-state index contributed by atoms with van der Waals surface area (Å²) in [4.78, 5) is 11.4. The van der Waals surface area contributed by atoms with Gasteiger partial charge in [-0.25, -0.2) is 10.4 Å². The van der Waals surface area contributed by atoms with Crippen LogP contribution in [0.3, 0.4) is 0 Å². The van der Waals surface area contributed by atoms with E-state index in [1.165, 1.54) is 0 Å². The molecule has 0 unspecified atom stereocenters. The number of carbonyl (C=O) groups excluding carboxylic acids is 1. The van der Waals surface area contributed by atoms with Gasteiger partial charge in [0.25, 0.3) is 0 Å². The molecule has 0 saturated carbocycles. The second-order valence-electron chi connectivity index (χ2n) is 3.26. The summed E-state index contributed by atoms with van der Waals surface area (Å²) in [7, 11) is 0. The van der Waals surface area contributed by atoms with Gasteiger partial charge in [0, 0.05) is 19.5 Å².